The molecule has 1 aromatic heterocycles. The van der Waals surface area contributed by atoms with Crippen LogP contribution in [0.2, 0.25) is 0 Å². The topological polar surface area (TPSA) is 84.8 Å². The predicted molar refractivity (Wildman–Crippen MR) is 117 cm³/mol. The van der Waals surface area contributed by atoms with Crippen molar-refractivity contribution < 1.29 is 14.3 Å². The van der Waals surface area contributed by atoms with E-state index in [-0.39, 0.29) is 5.91 Å². The average molecular weight is 413 g/mol. The van der Waals surface area contributed by atoms with Crippen LogP contribution in [-0.4, -0.2) is 36.9 Å². The van der Waals surface area contributed by atoms with Crippen LogP contribution in [-0.2, 0) is 4.79 Å². The molecule has 0 aliphatic carbocycles. The highest BCUT2D eigenvalue weighted by atomic mass is 32.1. The van der Waals surface area contributed by atoms with E-state index in [4.69, 9.17) is 9.47 Å². The van der Waals surface area contributed by atoms with E-state index >= 15 is 0 Å². The second-order valence-corrected chi connectivity index (χ2v) is 7.38. The van der Waals surface area contributed by atoms with Crippen molar-refractivity contribution >= 4 is 38.8 Å². The second-order valence-electron chi connectivity index (χ2n) is 6.35. The Morgan fingerprint density at radius 1 is 1.28 bits per heavy atom. The summed E-state index contributed by atoms with van der Waals surface area (Å²) in [5, 5.41) is 7.85. The summed E-state index contributed by atoms with van der Waals surface area (Å²) in [5.74, 6) is 1.05. The normalized spacial score (nSPS) is 12.1. The number of hydrazone groups is 1. The third kappa shape index (κ3) is 5.45. The number of nitrogens with zero attached hydrogens (tertiary/aromatic N) is 2. The van der Waals surface area contributed by atoms with Crippen molar-refractivity contribution in [1.82, 2.24) is 10.4 Å². The number of carbonyl (C=O) groups is 1. The number of thiazole rings is 1. The fourth-order valence-corrected chi connectivity index (χ4v) is 3.50. The Labute approximate surface area is 173 Å². The van der Waals surface area contributed by atoms with Gasteiger partial charge in [0.1, 0.15) is 6.04 Å². The number of hydrogen-bond acceptors (Lipinski definition) is 7. The fourth-order valence-electron chi connectivity index (χ4n) is 2.55. The van der Waals surface area contributed by atoms with Crippen molar-refractivity contribution in [1.29, 1.82) is 0 Å². The highest BCUT2D eigenvalue weighted by Crippen LogP contribution is 2.28. The number of anilines is 1. The lowest BCUT2D eigenvalue weighted by atomic mass is 10.2. The third-order valence-corrected chi connectivity index (χ3v) is 5.03. The zero-order valence-corrected chi connectivity index (χ0v) is 17.5. The summed E-state index contributed by atoms with van der Waals surface area (Å²) < 4.78 is 12.1. The summed E-state index contributed by atoms with van der Waals surface area (Å²) in [5.41, 5.74) is 4.24. The zero-order valence-electron chi connectivity index (χ0n) is 16.6. The van der Waals surface area contributed by atoms with Gasteiger partial charge >= 0.3 is 0 Å². The summed E-state index contributed by atoms with van der Waals surface area (Å²) in [7, 11) is 1.59. The van der Waals surface area contributed by atoms with Crippen LogP contribution >= 0.6 is 11.3 Å². The maximum Gasteiger partial charge on any atom is 0.262 e. The van der Waals surface area contributed by atoms with E-state index in [9.17, 15) is 4.79 Å². The Kier molecular flexibility index (Phi) is 7.02. The van der Waals surface area contributed by atoms with Gasteiger partial charge in [-0.15, -0.1) is 0 Å². The van der Waals surface area contributed by atoms with Gasteiger partial charge in [0.2, 0.25) is 0 Å². The molecule has 3 aromatic rings. The Bertz CT molecular complexity index is 970. The number of rotatable bonds is 9. The molecule has 0 saturated heterocycles. The molecule has 2 aromatic carbocycles. The van der Waals surface area contributed by atoms with Crippen molar-refractivity contribution in [3.63, 3.8) is 0 Å². The molecule has 0 radical (unpaired) electrons. The number of benzene rings is 2. The van der Waals surface area contributed by atoms with Gasteiger partial charge in [-0.05, 0) is 49.2 Å². The van der Waals surface area contributed by atoms with Crippen molar-refractivity contribution in [3.8, 4) is 11.5 Å². The maximum absolute atomic E-state index is 12.3. The van der Waals surface area contributed by atoms with E-state index in [0.717, 1.165) is 22.2 Å². The molecule has 0 bridgehead atoms. The van der Waals surface area contributed by atoms with E-state index in [1.807, 2.05) is 49.4 Å². The van der Waals surface area contributed by atoms with Crippen LogP contribution in [0, 0.1) is 0 Å². The minimum absolute atomic E-state index is 0.254. The Morgan fingerprint density at radius 3 is 2.86 bits per heavy atom. The van der Waals surface area contributed by atoms with Gasteiger partial charge in [-0.3, -0.25) is 4.79 Å². The highest BCUT2D eigenvalue weighted by Gasteiger charge is 2.14. The molecule has 152 valence electrons. The van der Waals surface area contributed by atoms with Gasteiger partial charge in [0, 0.05) is 0 Å². The number of carbonyl (C=O) groups excluding carboxylic acids is 1. The van der Waals surface area contributed by atoms with Gasteiger partial charge in [-0.2, -0.15) is 5.10 Å². The van der Waals surface area contributed by atoms with Crippen LogP contribution in [0.4, 0.5) is 5.13 Å². The Hall–Kier alpha value is -3.13. The van der Waals surface area contributed by atoms with Crippen LogP contribution in [0.3, 0.4) is 0 Å². The van der Waals surface area contributed by atoms with Crippen LogP contribution in [0.5, 0.6) is 11.5 Å². The SMILES string of the molecule is CCCOc1ccc(/C=N\NC(=O)[C@@H](C)Nc2nc3ccccc3s2)cc1OC. The first kappa shape index (κ1) is 20.6. The molecule has 0 aliphatic heterocycles. The molecular weight excluding hydrogens is 388 g/mol. The van der Waals surface area contributed by atoms with Crippen molar-refractivity contribution in [2.75, 3.05) is 19.0 Å². The highest BCUT2D eigenvalue weighted by molar-refractivity contribution is 7.22. The van der Waals surface area contributed by atoms with Gasteiger partial charge in [-0.1, -0.05) is 30.4 Å². The van der Waals surface area contributed by atoms with Gasteiger partial charge < -0.3 is 14.8 Å². The third-order valence-electron chi connectivity index (χ3n) is 4.06. The van der Waals surface area contributed by atoms with Crippen LogP contribution < -0.4 is 20.2 Å². The summed E-state index contributed by atoms with van der Waals surface area (Å²) in [6.45, 7) is 4.43. The molecule has 0 aliphatic rings. The Morgan fingerprint density at radius 2 is 2.10 bits per heavy atom. The number of aromatic nitrogens is 1. The lowest BCUT2D eigenvalue weighted by Crippen LogP contribution is -2.34. The number of fused-ring (bicyclic) bond motifs is 1. The molecule has 7 nitrogen and oxygen atoms in total. The first-order valence-corrected chi connectivity index (χ1v) is 10.2. The lowest BCUT2D eigenvalue weighted by molar-refractivity contribution is -0.121. The van der Waals surface area contributed by atoms with E-state index < -0.39 is 6.04 Å². The first-order chi connectivity index (χ1) is 14.1. The van der Waals surface area contributed by atoms with Crippen molar-refractivity contribution in [3.05, 3.63) is 48.0 Å². The predicted octanol–water partition coefficient (Wildman–Crippen LogP) is 4.04. The molecule has 0 spiro atoms. The van der Waals surface area contributed by atoms with Crippen molar-refractivity contribution in [2.45, 2.75) is 26.3 Å². The molecule has 3 rings (SSSR count). The number of amides is 1. The van der Waals surface area contributed by atoms with Gasteiger partial charge in [0.15, 0.2) is 16.6 Å². The van der Waals surface area contributed by atoms with Gasteiger partial charge in [0.05, 0.1) is 30.1 Å². The number of methoxy groups -OCH3 is 1. The first-order valence-electron chi connectivity index (χ1n) is 9.36. The summed E-state index contributed by atoms with van der Waals surface area (Å²) in [4.78, 5) is 16.8. The van der Waals surface area contributed by atoms with Gasteiger partial charge in [0.25, 0.3) is 5.91 Å². The molecule has 1 amide bonds. The van der Waals surface area contributed by atoms with Crippen molar-refractivity contribution in [2.24, 2.45) is 5.10 Å². The van der Waals surface area contributed by atoms with E-state index in [1.165, 1.54) is 11.3 Å². The van der Waals surface area contributed by atoms with Crippen LogP contribution in [0.1, 0.15) is 25.8 Å². The zero-order chi connectivity index (χ0) is 20.6. The fraction of sp³-hybridized carbons (Fsp3) is 0.286. The number of para-hydroxylation sites is 1. The second kappa shape index (κ2) is 9.88. The molecule has 8 heteroatoms. The lowest BCUT2D eigenvalue weighted by Gasteiger charge is -2.11. The Balaban J connectivity index is 1.56. The molecular formula is C21H24N4O3S. The van der Waals surface area contributed by atoms with Crippen LogP contribution in [0.15, 0.2) is 47.6 Å². The van der Waals surface area contributed by atoms with Crippen LogP contribution in [0.25, 0.3) is 10.2 Å². The molecule has 1 heterocycles. The standard InChI is InChI=1S/C21H24N4O3S/c1-4-11-28-17-10-9-15(12-18(17)27-3)13-22-25-20(26)14(2)23-21-24-16-7-5-6-8-19(16)29-21/h5-10,12-14H,4,11H2,1-3H3,(H,23,24)(H,25,26)/b22-13-/t14-/m1/s1. The minimum Gasteiger partial charge on any atom is -0.493 e. The smallest absolute Gasteiger partial charge is 0.262 e. The molecule has 1 atom stereocenters. The molecule has 29 heavy (non-hydrogen) atoms. The molecule has 0 saturated carbocycles. The van der Waals surface area contributed by atoms with E-state index in [1.54, 1.807) is 20.2 Å². The summed E-state index contributed by atoms with van der Waals surface area (Å²) in [6.07, 6.45) is 2.48. The van der Waals surface area contributed by atoms with Gasteiger partial charge in [-0.25, -0.2) is 10.4 Å². The van der Waals surface area contributed by atoms with E-state index in [0.29, 0.717) is 23.2 Å². The summed E-state index contributed by atoms with van der Waals surface area (Å²) >= 11 is 1.51. The maximum atomic E-state index is 12.3. The number of hydrogen-bond donors (Lipinski definition) is 2. The van der Waals surface area contributed by atoms with E-state index in [2.05, 4.69) is 20.8 Å². The quantitative estimate of drug-likeness (QED) is 0.409. The molecule has 0 unspecified atom stereocenters. The monoisotopic (exact) mass is 412 g/mol. The number of ether oxygens (including phenoxy) is 2. The molecule has 2 N–H and O–H groups in total. The largest absolute Gasteiger partial charge is 0.493 e. The average Bonchev–Trinajstić information content (AvgIpc) is 3.14. The number of nitrogens with one attached hydrogen (secondary N) is 2. The summed E-state index contributed by atoms with van der Waals surface area (Å²) in [6, 6.07) is 12.9. The molecule has 0 fully saturated rings. The minimum atomic E-state index is -0.480.